The summed E-state index contributed by atoms with van der Waals surface area (Å²) in [5.74, 6) is 0.700. The quantitative estimate of drug-likeness (QED) is 0.850. The molecule has 18 heavy (non-hydrogen) atoms. The predicted octanol–water partition coefficient (Wildman–Crippen LogP) is 4.11. The van der Waals surface area contributed by atoms with Crippen LogP contribution in [0.15, 0.2) is 12.1 Å². The Labute approximate surface area is 110 Å². The Morgan fingerprint density at radius 3 is 2.39 bits per heavy atom. The molecule has 1 aliphatic rings. The van der Waals surface area contributed by atoms with Gasteiger partial charge in [0.25, 0.3) is 0 Å². The second-order valence-electron chi connectivity index (χ2n) is 5.79. The van der Waals surface area contributed by atoms with Gasteiger partial charge in [0.15, 0.2) is 0 Å². The third-order valence-electron chi connectivity index (χ3n) is 4.18. The lowest BCUT2D eigenvalue weighted by Gasteiger charge is -2.29. The number of nitrogens with one attached hydrogen (secondary N) is 1. The molecule has 0 aliphatic heterocycles. The molecular weight excluding hydrogens is 225 g/mol. The summed E-state index contributed by atoms with van der Waals surface area (Å²) >= 11 is 0. The number of hydrogen-bond donors (Lipinski definition) is 1. The molecule has 0 heterocycles. The van der Waals surface area contributed by atoms with Crippen molar-refractivity contribution in [3.05, 3.63) is 34.6 Å². The maximum Gasteiger partial charge on any atom is 0.129 e. The molecule has 0 amide bonds. The Morgan fingerprint density at radius 2 is 1.78 bits per heavy atom. The molecular formula is C16H24FN. The normalized spacial score (nSPS) is 24.2. The van der Waals surface area contributed by atoms with E-state index in [0.29, 0.717) is 6.04 Å². The van der Waals surface area contributed by atoms with Crippen molar-refractivity contribution in [2.45, 2.75) is 59.0 Å². The van der Waals surface area contributed by atoms with E-state index in [1.807, 2.05) is 26.0 Å². The summed E-state index contributed by atoms with van der Waals surface area (Å²) in [4.78, 5) is 0. The van der Waals surface area contributed by atoms with Crippen LogP contribution in [0.4, 0.5) is 4.39 Å². The first-order valence-corrected chi connectivity index (χ1v) is 7.07. The van der Waals surface area contributed by atoms with Crippen molar-refractivity contribution < 1.29 is 4.39 Å². The monoisotopic (exact) mass is 249 g/mol. The van der Waals surface area contributed by atoms with Crippen LogP contribution in [-0.4, -0.2) is 6.04 Å². The Morgan fingerprint density at radius 1 is 1.17 bits per heavy atom. The number of rotatable bonds is 3. The molecule has 1 fully saturated rings. The van der Waals surface area contributed by atoms with E-state index in [2.05, 4.69) is 12.2 Å². The zero-order chi connectivity index (χ0) is 13.1. The summed E-state index contributed by atoms with van der Waals surface area (Å²) in [5.41, 5.74) is 2.70. The average molecular weight is 249 g/mol. The van der Waals surface area contributed by atoms with Crippen LogP contribution >= 0.6 is 0 Å². The summed E-state index contributed by atoms with van der Waals surface area (Å²) in [6.45, 7) is 6.87. The molecule has 1 N–H and O–H groups in total. The van der Waals surface area contributed by atoms with Crippen molar-refractivity contribution in [2.75, 3.05) is 0 Å². The van der Waals surface area contributed by atoms with Crippen molar-refractivity contribution in [3.63, 3.8) is 0 Å². The van der Waals surface area contributed by atoms with E-state index in [1.54, 1.807) is 0 Å². The molecule has 0 aromatic heterocycles. The van der Waals surface area contributed by atoms with Crippen molar-refractivity contribution in [2.24, 2.45) is 5.92 Å². The van der Waals surface area contributed by atoms with Crippen LogP contribution in [0, 0.1) is 25.6 Å². The molecule has 2 unspecified atom stereocenters. The lowest BCUT2D eigenvalue weighted by molar-refractivity contribution is 0.279. The highest BCUT2D eigenvalue weighted by atomic mass is 19.1. The lowest BCUT2D eigenvalue weighted by atomic mass is 9.86. The first kappa shape index (κ1) is 13.5. The van der Waals surface area contributed by atoms with E-state index in [1.165, 1.54) is 31.2 Å². The van der Waals surface area contributed by atoms with Gasteiger partial charge in [0.2, 0.25) is 0 Å². The lowest BCUT2D eigenvalue weighted by Crippen LogP contribution is -2.36. The van der Waals surface area contributed by atoms with Crippen LogP contribution in [0.2, 0.25) is 0 Å². The van der Waals surface area contributed by atoms with Gasteiger partial charge in [0, 0.05) is 12.6 Å². The summed E-state index contributed by atoms with van der Waals surface area (Å²) in [6.07, 6.45) is 5.32. The average Bonchev–Trinajstić information content (AvgIpc) is 2.35. The number of halogens is 1. The molecule has 1 nitrogen and oxygen atoms in total. The highest BCUT2D eigenvalue weighted by Gasteiger charge is 2.20. The molecule has 0 spiro atoms. The van der Waals surface area contributed by atoms with Gasteiger partial charge in [-0.15, -0.1) is 0 Å². The van der Waals surface area contributed by atoms with Crippen molar-refractivity contribution in [1.82, 2.24) is 5.32 Å². The van der Waals surface area contributed by atoms with Gasteiger partial charge in [-0.3, -0.25) is 0 Å². The Bertz CT molecular complexity index is 391. The van der Waals surface area contributed by atoms with Crippen LogP contribution < -0.4 is 5.32 Å². The molecule has 2 heteroatoms. The van der Waals surface area contributed by atoms with Gasteiger partial charge in [0.1, 0.15) is 5.82 Å². The number of aryl methyl sites for hydroxylation is 2. The predicted molar refractivity (Wildman–Crippen MR) is 74.1 cm³/mol. The maximum absolute atomic E-state index is 13.5. The van der Waals surface area contributed by atoms with Gasteiger partial charge in [-0.25, -0.2) is 4.39 Å². The van der Waals surface area contributed by atoms with Crippen LogP contribution in [-0.2, 0) is 6.54 Å². The fourth-order valence-electron chi connectivity index (χ4n) is 3.01. The maximum atomic E-state index is 13.5. The van der Waals surface area contributed by atoms with Gasteiger partial charge in [-0.1, -0.05) is 31.9 Å². The minimum Gasteiger partial charge on any atom is -0.310 e. The van der Waals surface area contributed by atoms with E-state index < -0.39 is 0 Å². The van der Waals surface area contributed by atoms with Gasteiger partial charge < -0.3 is 5.32 Å². The molecule has 1 aliphatic carbocycles. The summed E-state index contributed by atoms with van der Waals surface area (Å²) in [7, 11) is 0. The van der Waals surface area contributed by atoms with E-state index in [-0.39, 0.29) is 5.82 Å². The Hall–Kier alpha value is -0.890. The number of benzene rings is 1. The third kappa shape index (κ3) is 3.11. The van der Waals surface area contributed by atoms with Crippen LogP contribution in [0.3, 0.4) is 0 Å². The third-order valence-corrected chi connectivity index (χ3v) is 4.18. The molecule has 2 atom stereocenters. The minimum atomic E-state index is -0.0650. The van der Waals surface area contributed by atoms with Gasteiger partial charge in [0.05, 0.1) is 0 Å². The molecule has 1 saturated carbocycles. The Kier molecular flexibility index (Phi) is 4.39. The first-order valence-electron chi connectivity index (χ1n) is 7.07. The second kappa shape index (κ2) is 5.83. The highest BCUT2D eigenvalue weighted by molar-refractivity contribution is 5.30. The van der Waals surface area contributed by atoms with Crippen LogP contribution in [0.25, 0.3) is 0 Å². The van der Waals surface area contributed by atoms with E-state index >= 15 is 0 Å². The summed E-state index contributed by atoms with van der Waals surface area (Å²) < 4.78 is 13.5. The zero-order valence-corrected chi connectivity index (χ0v) is 11.7. The van der Waals surface area contributed by atoms with Crippen LogP contribution in [0.1, 0.15) is 49.3 Å². The molecule has 1 aromatic rings. The van der Waals surface area contributed by atoms with Crippen molar-refractivity contribution in [3.8, 4) is 0 Å². The molecule has 0 bridgehead atoms. The largest absolute Gasteiger partial charge is 0.310 e. The zero-order valence-electron chi connectivity index (χ0n) is 11.7. The molecule has 2 rings (SSSR count). The van der Waals surface area contributed by atoms with E-state index in [0.717, 1.165) is 23.6 Å². The van der Waals surface area contributed by atoms with Gasteiger partial charge >= 0.3 is 0 Å². The first-order chi connectivity index (χ1) is 8.58. The summed E-state index contributed by atoms with van der Waals surface area (Å²) in [5, 5.41) is 3.64. The Balaban J connectivity index is 1.97. The minimum absolute atomic E-state index is 0.0650. The molecule has 0 radical (unpaired) electrons. The smallest absolute Gasteiger partial charge is 0.129 e. The number of hydrogen-bond acceptors (Lipinski definition) is 1. The van der Waals surface area contributed by atoms with Gasteiger partial charge in [-0.2, -0.15) is 0 Å². The van der Waals surface area contributed by atoms with E-state index in [4.69, 9.17) is 0 Å². The van der Waals surface area contributed by atoms with Gasteiger partial charge in [-0.05, 0) is 49.3 Å². The fraction of sp³-hybridized carbons (Fsp3) is 0.625. The van der Waals surface area contributed by atoms with E-state index in [9.17, 15) is 4.39 Å². The topological polar surface area (TPSA) is 12.0 Å². The fourth-order valence-corrected chi connectivity index (χ4v) is 3.01. The van der Waals surface area contributed by atoms with Crippen LogP contribution in [0.5, 0.6) is 0 Å². The molecule has 100 valence electrons. The van der Waals surface area contributed by atoms with Crippen molar-refractivity contribution >= 4 is 0 Å². The molecule has 1 aromatic carbocycles. The summed E-state index contributed by atoms with van der Waals surface area (Å²) in [6, 6.07) is 4.55. The second-order valence-corrected chi connectivity index (χ2v) is 5.79. The molecule has 0 saturated heterocycles. The highest BCUT2D eigenvalue weighted by Crippen LogP contribution is 2.24. The SMILES string of the molecule is Cc1cc(CNC2CCCCC2C)cc(C)c1F. The standard InChI is InChI=1S/C16H24FN/c1-11-6-4-5-7-15(11)18-10-14-8-12(2)16(17)13(3)9-14/h8-9,11,15,18H,4-7,10H2,1-3H3. The van der Waals surface area contributed by atoms with Crippen molar-refractivity contribution in [1.29, 1.82) is 0 Å².